The number of aryl methyl sites for hydroxylation is 2. The van der Waals surface area contributed by atoms with Crippen molar-refractivity contribution >= 4 is 34.9 Å². The average molecular weight is 272 g/mol. The summed E-state index contributed by atoms with van der Waals surface area (Å²) < 4.78 is 7.09. The van der Waals surface area contributed by atoms with E-state index in [2.05, 4.69) is 20.8 Å². The highest BCUT2D eigenvalue weighted by Gasteiger charge is 2.12. The van der Waals surface area contributed by atoms with E-state index in [1.54, 1.807) is 13.2 Å². The maximum Gasteiger partial charge on any atom is 0.302 e. The number of hydrogen-bond acceptors (Lipinski definition) is 7. The highest BCUT2D eigenvalue weighted by atomic mass is 32.2. The highest BCUT2D eigenvalue weighted by Crippen LogP contribution is 2.21. The van der Waals surface area contributed by atoms with E-state index in [4.69, 9.17) is 4.52 Å². The van der Waals surface area contributed by atoms with E-state index in [1.807, 2.05) is 6.92 Å². The molecule has 0 aliphatic carbocycles. The van der Waals surface area contributed by atoms with Gasteiger partial charge in [0, 0.05) is 0 Å². The number of anilines is 1. The third-order valence-electron chi connectivity index (χ3n) is 1.67. The van der Waals surface area contributed by atoms with Crippen molar-refractivity contribution < 1.29 is 14.0 Å². The van der Waals surface area contributed by atoms with Crippen LogP contribution < -0.4 is 10.00 Å². The van der Waals surface area contributed by atoms with E-state index in [1.165, 1.54) is 27.8 Å². The van der Waals surface area contributed by atoms with Crippen molar-refractivity contribution in [3.05, 3.63) is 11.2 Å². The molecule has 7 nitrogen and oxygen atoms in total. The minimum Gasteiger partial charge on any atom is -0.288 e. The van der Waals surface area contributed by atoms with Crippen LogP contribution in [0.3, 0.4) is 0 Å². The lowest BCUT2D eigenvalue weighted by molar-refractivity contribution is -0.739. The molecular formula is C8H10N5O2S2+. The Labute approximate surface area is 105 Å². The van der Waals surface area contributed by atoms with Gasteiger partial charge in [0.25, 0.3) is 6.20 Å². The molecule has 9 heteroatoms. The summed E-state index contributed by atoms with van der Waals surface area (Å²) in [4.78, 5) is 11.5. The molecule has 2 heterocycles. The summed E-state index contributed by atoms with van der Waals surface area (Å²) in [5, 5.41) is 14.8. The summed E-state index contributed by atoms with van der Waals surface area (Å²) in [6, 6.07) is 0. The Morgan fingerprint density at radius 2 is 2.47 bits per heavy atom. The van der Waals surface area contributed by atoms with E-state index >= 15 is 0 Å². The molecule has 2 aromatic heterocycles. The number of carbonyl (C=O) groups excluding carboxylic acids is 1. The lowest BCUT2D eigenvalue weighted by Gasteiger charge is -1.96. The summed E-state index contributed by atoms with van der Waals surface area (Å²) in [7, 11) is 1.71. The van der Waals surface area contributed by atoms with Crippen LogP contribution in [0.1, 0.15) is 5.01 Å². The van der Waals surface area contributed by atoms with Crippen molar-refractivity contribution in [3.8, 4) is 0 Å². The smallest absolute Gasteiger partial charge is 0.288 e. The van der Waals surface area contributed by atoms with E-state index in [9.17, 15) is 4.79 Å². The fourth-order valence-electron chi connectivity index (χ4n) is 1.02. The zero-order chi connectivity index (χ0) is 12.3. The summed E-state index contributed by atoms with van der Waals surface area (Å²) in [6.45, 7) is 1.87. The Hall–Kier alpha value is -1.48. The van der Waals surface area contributed by atoms with Crippen LogP contribution in [0, 0.1) is 6.92 Å². The largest absolute Gasteiger partial charge is 0.302 e. The number of aromatic nitrogens is 4. The summed E-state index contributed by atoms with van der Waals surface area (Å²) in [5.41, 5.74) is 0. The molecule has 0 fully saturated rings. The van der Waals surface area contributed by atoms with Gasteiger partial charge in [-0.3, -0.25) is 14.6 Å². The third-order valence-corrected chi connectivity index (χ3v) is 3.64. The molecule has 2 rings (SSSR count). The number of rotatable bonds is 4. The first-order valence-corrected chi connectivity index (χ1v) is 6.49. The molecule has 0 saturated heterocycles. The molecule has 17 heavy (non-hydrogen) atoms. The monoisotopic (exact) mass is 272 g/mol. The molecule has 1 N–H and O–H groups in total. The van der Waals surface area contributed by atoms with Crippen molar-refractivity contribution in [1.82, 2.24) is 15.5 Å². The minimum atomic E-state index is -0.167. The van der Waals surface area contributed by atoms with Gasteiger partial charge in [0.2, 0.25) is 5.91 Å². The second-order valence-electron chi connectivity index (χ2n) is 3.16. The molecule has 0 bridgehead atoms. The summed E-state index contributed by atoms with van der Waals surface area (Å²) in [5.74, 6) is 0.421. The second-order valence-corrected chi connectivity index (χ2v) is 5.57. The van der Waals surface area contributed by atoms with Gasteiger partial charge in [-0.1, -0.05) is 27.8 Å². The molecule has 0 unspecified atom stereocenters. The first kappa shape index (κ1) is 12.0. The Morgan fingerprint density at radius 1 is 1.65 bits per heavy atom. The van der Waals surface area contributed by atoms with Gasteiger partial charge >= 0.3 is 5.88 Å². The van der Waals surface area contributed by atoms with Crippen LogP contribution >= 0.6 is 23.1 Å². The molecule has 0 atom stereocenters. The van der Waals surface area contributed by atoms with Crippen LogP contribution in [0.15, 0.2) is 15.1 Å². The zero-order valence-electron chi connectivity index (χ0n) is 9.21. The predicted octanol–water partition coefficient (Wildman–Crippen LogP) is 0.390. The fourth-order valence-corrected chi connectivity index (χ4v) is 2.63. The molecule has 2 aromatic rings. The normalized spacial score (nSPS) is 10.5. The van der Waals surface area contributed by atoms with Crippen LogP contribution in [-0.2, 0) is 11.8 Å². The van der Waals surface area contributed by atoms with E-state index in [-0.39, 0.29) is 11.7 Å². The van der Waals surface area contributed by atoms with Gasteiger partial charge in [-0.05, 0) is 6.92 Å². The summed E-state index contributed by atoms with van der Waals surface area (Å²) >= 11 is 2.80. The number of hydrogen-bond donors (Lipinski definition) is 1. The number of thioether (sulfide) groups is 1. The SMILES string of the molecule is Cc1nnc(SCC(=O)Nc2c[n+](C)no2)s1. The van der Waals surface area contributed by atoms with Gasteiger partial charge in [-0.2, -0.15) is 0 Å². The Kier molecular flexibility index (Phi) is 3.69. The number of nitrogens with zero attached hydrogens (tertiary/aromatic N) is 4. The van der Waals surface area contributed by atoms with Crippen molar-refractivity contribution in [2.45, 2.75) is 11.3 Å². The molecule has 0 spiro atoms. The minimum absolute atomic E-state index is 0.167. The van der Waals surface area contributed by atoms with Crippen molar-refractivity contribution in [2.24, 2.45) is 7.05 Å². The molecule has 1 amide bonds. The third kappa shape index (κ3) is 3.49. The zero-order valence-corrected chi connectivity index (χ0v) is 10.8. The molecule has 0 radical (unpaired) electrons. The Morgan fingerprint density at radius 3 is 3.06 bits per heavy atom. The van der Waals surface area contributed by atoms with Crippen molar-refractivity contribution in [2.75, 3.05) is 11.1 Å². The van der Waals surface area contributed by atoms with Crippen LogP contribution in [0.2, 0.25) is 0 Å². The van der Waals surface area contributed by atoms with Crippen molar-refractivity contribution in [1.29, 1.82) is 0 Å². The molecule has 0 aromatic carbocycles. The lowest BCUT2D eigenvalue weighted by Crippen LogP contribution is -2.28. The first-order chi connectivity index (χ1) is 8.13. The molecule has 90 valence electrons. The second kappa shape index (κ2) is 5.23. The van der Waals surface area contributed by atoms with Gasteiger partial charge in [-0.25, -0.2) is 0 Å². The van der Waals surface area contributed by atoms with Crippen LogP contribution in [0.4, 0.5) is 5.88 Å². The van der Waals surface area contributed by atoms with Gasteiger partial charge in [-0.15, -0.1) is 10.2 Å². The average Bonchev–Trinajstić information content (AvgIpc) is 2.85. The standard InChI is InChI=1S/C8H9N5O2S2/c1-5-10-11-8(17-5)16-4-6(14)9-7-3-13(2)12-15-7/h3H,4H2,1-2H3/p+1. The lowest BCUT2D eigenvalue weighted by atomic mass is 10.6. The van der Waals surface area contributed by atoms with E-state index in [0.717, 1.165) is 9.35 Å². The molecule has 0 saturated carbocycles. The maximum absolute atomic E-state index is 11.5. The van der Waals surface area contributed by atoms with Gasteiger partial charge < -0.3 is 0 Å². The van der Waals surface area contributed by atoms with Crippen LogP contribution in [-0.4, -0.2) is 27.1 Å². The van der Waals surface area contributed by atoms with Gasteiger partial charge in [0.05, 0.1) is 5.75 Å². The number of nitrogens with one attached hydrogen (secondary N) is 1. The first-order valence-electron chi connectivity index (χ1n) is 4.69. The van der Waals surface area contributed by atoms with E-state index < -0.39 is 0 Å². The number of carbonyl (C=O) groups is 1. The summed E-state index contributed by atoms with van der Waals surface area (Å²) in [6.07, 6.45) is 1.58. The van der Waals surface area contributed by atoms with Crippen LogP contribution in [0.5, 0.6) is 0 Å². The topological polar surface area (TPSA) is 84.8 Å². The van der Waals surface area contributed by atoms with Crippen LogP contribution in [0.25, 0.3) is 0 Å². The van der Waals surface area contributed by atoms with Crippen molar-refractivity contribution in [3.63, 3.8) is 0 Å². The van der Waals surface area contributed by atoms with Gasteiger partial charge in [0.15, 0.2) is 16.7 Å². The van der Waals surface area contributed by atoms with E-state index in [0.29, 0.717) is 5.88 Å². The Bertz CT molecular complexity index is 523. The molecule has 0 aliphatic heterocycles. The quantitative estimate of drug-likeness (QED) is 0.640. The number of amides is 1. The molecular weight excluding hydrogens is 262 g/mol. The predicted molar refractivity (Wildman–Crippen MR) is 61.7 cm³/mol. The highest BCUT2D eigenvalue weighted by molar-refractivity contribution is 8.01. The van der Waals surface area contributed by atoms with Gasteiger partial charge in [0.1, 0.15) is 5.01 Å². The fraction of sp³-hybridized carbons (Fsp3) is 0.375. The molecule has 0 aliphatic rings. The Balaban J connectivity index is 1.82. The maximum atomic E-state index is 11.5.